The fourth-order valence-corrected chi connectivity index (χ4v) is 3.43. The number of carbonyl (C=O) groups is 1. The summed E-state index contributed by atoms with van der Waals surface area (Å²) in [5, 5.41) is 0. The first-order valence-corrected chi connectivity index (χ1v) is 7.56. The molecule has 1 aromatic carbocycles. The van der Waals surface area contributed by atoms with E-state index in [1.807, 2.05) is 0 Å². The molecule has 0 radical (unpaired) electrons. The molecule has 1 aliphatic rings. The monoisotopic (exact) mass is 283 g/mol. The number of carbonyl (C=O) groups excluding carboxylic acids is 1. The predicted octanol–water partition coefficient (Wildman–Crippen LogP) is -0.127. The molecule has 1 aromatic rings. The average molecular weight is 283 g/mol. The molecule has 0 spiro atoms. The van der Waals surface area contributed by atoms with Gasteiger partial charge < -0.3 is 10.6 Å². The highest BCUT2D eigenvalue weighted by Gasteiger charge is 2.30. The van der Waals surface area contributed by atoms with Crippen LogP contribution in [-0.4, -0.2) is 50.2 Å². The normalized spacial score (nSPS) is 17.7. The molecule has 1 saturated heterocycles. The molecule has 0 bridgehead atoms. The molecule has 7 heteroatoms. The summed E-state index contributed by atoms with van der Waals surface area (Å²) in [7, 11) is -1.84. The first-order valence-electron chi connectivity index (χ1n) is 5.95. The molecule has 1 amide bonds. The number of rotatable bonds is 3. The number of sulfonamides is 1. The summed E-state index contributed by atoms with van der Waals surface area (Å²) in [5.41, 5.74) is 6.76. The predicted molar refractivity (Wildman–Crippen MR) is 72.7 cm³/mol. The highest BCUT2D eigenvalue weighted by atomic mass is 32.2. The number of piperazine rings is 1. The van der Waals surface area contributed by atoms with Crippen LogP contribution in [0.15, 0.2) is 24.3 Å². The van der Waals surface area contributed by atoms with Crippen molar-refractivity contribution < 1.29 is 13.2 Å². The van der Waals surface area contributed by atoms with Gasteiger partial charge in [-0.2, -0.15) is 4.31 Å². The Labute approximate surface area is 112 Å². The van der Waals surface area contributed by atoms with Gasteiger partial charge in [0.05, 0.1) is 12.3 Å². The highest BCUT2D eigenvalue weighted by molar-refractivity contribution is 7.88. The van der Waals surface area contributed by atoms with Crippen LogP contribution in [-0.2, 0) is 20.6 Å². The highest BCUT2D eigenvalue weighted by Crippen LogP contribution is 2.18. The minimum Gasteiger partial charge on any atom is -0.398 e. The van der Waals surface area contributed by atoms with Gasteiger partial charge >= 0.3 is 0 Å². The lowest BCUT2D eigenvalue weighted by Crippen LogP contribution is -2.50. The maximum atomic E-state index is 12.3. The van der Waals surface area contributed by atoms with Crippen LogP contribution in [0.4, 0.5) is 5.69 Å². The molecule has 1 aliphatic heterocycles. The zero-order valence-electron chi connectivity index (χ0n) is 10.7. The molecule has 19 heavy (non-hydrogen) atoms. The van der Waals surface area contributed by atoms with Crippen LogP contribution in [0.3, 0.4) is 0 Å². The maximum absolute atomic E-state index is 12.3. The van der Waals surface area contributed by atoms with Gasteiger partial charge in [-0.05, 0) is 11.6 Å². The third kappa shape index (κ3) is 3.05. The summed E-state index contributed by atoms with van der Waals surface area (Å²) in [6, 6.07) is 6.85. The van der Waals surface area contributed by atoms with Crippen molar-refractivity contribution in [2.45, 2.75) is 5.75 Å². The van der Waals surface area contributed by atoms with Gasteiger partial charge in [-0.15, -0.1) is 0 Å². The van der Waals surface area contributed by atoms with Gasteiger partial charge in [0.2, 0.25) is 15.9 Å². The van der Waals surface area contributed by atoms with E-state index in [9.17, 15) is 13.2 Å². The molecule has 104 valence electrons. The van der Waals surface area contributed by atoms with Gasteiger partial charge in [0.25, 0.3) is 0 Å². The Morgan fingerprint density at radius 1 is 1.26 bits per heavy atom. The van der Waals surface area contributed by atoms with Crippen molar-refractivity contribution in [3.8, 4) is 0 Å². The molecule has 0 unspecified atom stereocenters. The van der Waals surface area contributed by atoms with Crippen molar-refractivity contribution in [1.82, 2.24) is 9.21 Å². The molecule has 0 saturated carbocycles. The van der Waals surface area contributed by atoms with Crippen LogP contribution in [0.1, 0.15) is 5.56 Å². The van der Waals surface area contributed by atoms with E-state index in [1.54, 1.807) is 31.3 Å². The molecule has 0 atom stereocenters. The topological polar surface area (TPSA) is 83.7 Å². The second-order valence-electron chi connectivity index (χ2n) is 4.60. The fraction of sp³-hybridized carbons (Fsp3) is 0.417. The fourth-order valence-electron chi connectivity index (χ4n) is 1.93. The van der Waals surface area contributed by atoms with E-state index in [-0.39, 0.29) is 18.2 Å². The van der Waals surface area contributed by atoms with Crippen molar-refractivity contribution in [3.05, 3.63) is 29.8 Å². The quantitative estimate of drug-likeness (QED) is 0.783. The van der Waals surface area contributed by atoms with E-state index >= 15 is 0 Å². The summed E-state index contributed by atoms with van der Waals surface area (Å²) >= 11 is 0. The Balaban J connectivity index is 2.15. The number of hydrogen-bond acceptors (Lipinski definition) is 4. The lowest BCUT2D eigenvalue weighted by atomic mass is 10.2. The van der Waals surface area contributed by atoms with E-state index in [0.29, 0.717) is 24.3 Å². The molecule has 2 rings (SSSR count). The number of nitrogens with two attached hydrogens (primary N) is 1. The third-order valence-electron chi connectivity index (χ3n) is 3.21. The Hall–Kier alpha value is -1.60. The lowest BCUT2D eigenvalue weighted by Gasteiger charge is -2.31. The molecular formula is C12H17N3O3S. The SMILES string of the molecule is CN1CCN(S(=O)(=O)Cc2ccccc2N)CC1=O. The Kier molecular flexibility index (Phi) is 3.77. The number of anilines is 1. The molecule has 0 aliphatic carbocycles. The first-order chi connectivity index (χ1) is 8.90. The smallest absolute Gasteiger partial charge is 0.237 e. The molecule has 0 aromatic heterocycles. The average Bonchev–Trinajstić information content (AvgIpc) is 2.35. The van der Waals surface area contributed by atoms with Crippen molar-refractivity contribution in [1.29, 1.82) is 0 Å². The zero-order valence-corrected chi connectivity index (χ0v) is 11.6. The summed E-state index contributed by atoms with van der Waals surface area (Å²) in [5.74, 6) is -0.354. The van der Waals surface area contributed by atoms with Gasteiger partial charge in [-0.25, -0.2) is 8.42 Å². The van der Waals surface area contributed by atoms with Crippen LogP contribution in [0.25, 0.3) is 0 Å². The summed E-state index contributed by atoms with van der Waals surface area (Å²) in [6.45, 7) is 0.658. The second kappa shape index (κ2) is 5.18. The first kappa shape index (κ1) is 13.8. The number of benzene rings is 1. The van der Waals surface area contributed by atoms with E-state index in [2.05, 4.69) is 0 Å². The van der Waals surface area contributed by atoms with Gasteiger partial charge in [0.15, 0.2) is 0 Å². The number of likely N-dealkylation sites (N-methyl/N-ethyl adjacent to an activating group) is 1. The summed E-state index contributed by atoms with van der Waals surface area (Å²) < 4.78 is 25.7. The largest absolute Gasteiger partial charge is 0.398 e. The van der Waals surface area contributed by atoms with Gasteiger partial charge in [0, 0.05) is 25.8 Å². The van der Waals surface area contributed by atoms with Crippen LogP contribution in [0.5, 0.6) is 0 Å². The number of nitrogens with zero attached hydrogens (tertiary/aromatic N) is 2. The summed E-state index contributed by atoms with van der Waals surface area (Å²) in [6.07, 6.45) is 0. The lowest BCUT2D eigenvalue weighted by molar-refractivity contribution is -0.132. The summed E-state index contributed by atoms with van der Waals surface area (Å²) in [4.78, 5) is 13.1. The minimum atomic E-state index is -3.51. The van der Waals surface area contributed by atoms with Crippen LogP contribution >= 0.6 is 0 Å². The number of nitrogen functional groups attached to an aromatic ring is 1. The minimum absolute atomic E-state index is 0.0917. The zero-order chi connectivity index (χ0) is 14.0. The van der Waals surface area contributed by atoms with Gasteiger partial charge in [-0.1, -0.05) is 18.2 Å². The van der Waals surface area contributed by atoms with Crippen LogP contribution in [0, 0.1) is 0 Å². The van der Waals surface area contributed by atoms with Crippen LogP contribution < -0.4 is 5.73 Å². The Morgan fingerprint density at radius 2 is 1.95 bits per heavy atom. The van der Waals surface area contributed by atoms with Crippen molar-refractivity contribution in [2.75, 3.05) is 32.4 Å². The second-order valence-corrected chi connectivity index (χ2v) is 6.57. The van der Waals surface area contributed by atoms with Crippen LogP contribution in [0.2, 0.25) is 0 Å². The maximum Gasteiger partial charge on any atom is 0.237 e. The molecule has 6 nitrogen and oxygen atoms in total. The number of hydrogen-bond donors (Lipinski definition) is 1. The number of para-hydroxylation sites is 1. The van der Waals surface area contributed by atoms with Crippen molar-refractivity contribution in [3.63, 3.8) is 0 Å². The molecule has 1 fully saturated rings. The number of amides is 1. The van der Waals surface area contributed by atoms with E-state index in [0.717, 1.165) is 0 Å². The molecular weight excluding hydrogens is 266 g/mol. The van der Waals surface area contributed by atoms with E-state index < -0.39 is 10.0 Å². The van der Waals surface area contributed by atoms with Crippen molar-refractivity contribution in [2.24, 2.45) is 0 Å². The standard InChI is InChI=1S/C12H17N3O3S/c1-14-6-7-15(8-12(14)16)19(17,18)9-10-4-2-3-5-11(10)13/h2-5H,6-9,13H2,1H3. The van der Waals surface area contributed by atoms with Crippen molar-refractivity contribution >= 4 is 21.6 Å². The molecule has 2 N–H and O–H groups in total. The molecule has 1 heterocycles. The van der Waals surface area contributed by atoms with E-state index in [1.165, 1.54) is 9.21 Å². The van der Waals surface area contributed by atoms with Gasteiger partial charge in [0.1, 0.15) is 0 Å². The Bertz CT molecular complexity index is 586. The van der Waals surface area contributed by atoms with E-state index in [4.69, 9.17) is 5.73 Å². The Morgan fingerprint density at radius 3 is 2.58 bits per heavy atom. The third-order valence-corrected chi connectivity index (χ3v) is 4.98. The van der Waals surface area contributed by atoms with Gasteiger partial charge in [-0.3, -0.25) is 4.79 Å².